The Bertz CT molecular complexity index is 388. The first-order valence-corrected chi connectivity index (χ1v) is 5.67. The molecule has 0 saturated heterocycles. The number of halogens is 2. The van der Waals surface area contributed by atoms with Crippen LogP contribution >= 0.6 is 24.8 Å². The summed E-state index contributed by atoms with van der Waals surface area (Å²) in [5, 5.41) is 13.6. The van der Waals surface area contributed by atoms with Crippen molar-refractivity contribution in [3.63, 3.8) is 0 Å². The molecule has 110 valence electrons. The summed E-state index contributed by atoms with van der Waals surface area (Å²) in [5.41, 5.74) is 7.38. The van der Waals surface area contributed by atoms with Gasteiger partial charge in [-0.15, -0.1) is 24.8 Å². The minimum atomic E-state index is 0. The largest absolute Gasteiger partial charge is 0.496 e. The summed E-state index contributed by atoms with van der Waals surface area (Å²) in [5.74, 6) is 1.06. The molecular formula is C12H22Cl2N4O. The van der Waals surface area contributed by atoms with Crippen LogP contribution in [0.4, 0.5) is 5.69 Å². The van der Waals surface area contributed by atoms with Crippen LogP contribution in [0.5, 0.6) is 5.75 Å². The Morgan fingerprint density at radius 1 is 1.37 bits per heavy atom. The summed E-state index contributed by atoms with van der Waals surface area (Å²) in [6, 6.07) is 5.60. The minimum Gasteiger partial charge on any atom is -0.496 e. The van der Waals surface area contributed by atoms with E-state index in [4.69, 9.17) is 15.9 Å². The Labute approximate surface area is 126 Å². The van der Waals surface area contributed by atoms with Crippen molar-refractivity contribution in [2.75, 3.05) is 19.0 Å². The van der Waals surface area contributed by atoms with Gasteiger partial charge >= 0.3 is 0 Å². The van der Waals surface area contributed by atoms with E-state index in [1.165, 1.54) is 0 Å². The molecule has 0 atom stereocenters. The second kappa shape index (κ2) is 10.7. The lowest BCUT2D eigenvalue weighted by Crippen LogP contribution is -2.30. The third kappa shape index (κ3) is 6.52. The summed E-state index contributed by atoms with van der Waals surface area (Å²) in [6.45, 7) is 3.25. The monoisotopic (exact) mass is 308 g/mol. The van der Waals surface area contributed by atoms with Gasteiger partial charge in [0.1, 0.15) is 5.75 Å². The fourth-order valence-electron chi connectivity index (χ4n) is 1.45. The second-order valence-electron chi connectivity index (χ2n) is 3.66. The molecule has 0 amide bonds. The molecular weight excluding hydrogens is 287 g/mol. The summed E-state index contributed by atoms with van der Waals surface area (Å²) < 4.78 is 5.18. The van der Waals surface area contributed by atoms with E-state index < -0.39 is 0 Å². The highest BCUT2D eigenvalue weighted by molar-refractivity contribution is 5.91. The van der Waals surface area contributed by atoms with Crippen LogP contribution in [0.2, 0.25) is 0 Å². The maximum atomic E-state index is 7.67. The van der Waals surface area contributed by atoms with Crippen molar-refractivity contribution >= 4 is 36.5 Å². The molecule has 1 aromatic carbocycles. The smallest absolute Gasteiger partial charge is 0.192 e. The first-order chi connectivity index (χ1) is 8.21. The molecule has 1 rings (SSSR count). The number of hydrogen-bond donors (Lipinski definition) is 4. The van der Waals surface area contributed by atoms with Crippen LogP contribution in [0.1, 0.15) is 18.9 Å². The van der Waals surface area contributed by atoms with E-state index in [-0.39, 0.29) is 24.8 Å². The Kier molecular flexibility index (Phi) is 11.4. The zero-order valence-electron chi connectivity index (χ0n) is 11.2. The second-order valence-corrected chi connectivity index (χ2v) is 3.66. The van der Waals surface area contributed by atoms with Crippen molar-refractivity contribution in [1.29, 1.82) is 5.41 Å². The van der Waals surface area contributed by atoms with Gasteiger partial charge in [-0.05, 0) is 24.6 Å². The molecule has 0 aliphatic heterocycles. The average Bonchev–Trinajstić information content (AvgIpc) is 2.36. The van der Waals surface area contributed by atoms with Crippen LogP contribution in [0.25, 0.3) is 0 Å². The third-order valence-electron chi connectivity index (χ3n) is 2.32. The Balaban J connectivity index is 0. The quantitative estimate of drug-likeness (QED) is 0.497. The Morgan fingerprint density at radius 2 is 2.05 bits per heavy atom. The predicted molar refractivity (Wildman–Crippen MR) is 85.0 cm³/mol. The number of benzene rings is 1. The van der Waals surface area contributed by atoms with E-state index in [9.17, 15) is 0 Å². The molecule has 0 unspecified atom stereocenters. The van der Waals surface area contributed by atoms with Gasteiger partial charge in [0.2, 0.25) is 0 Å². The number of hydrogen-bond acceptors (Lipinski definition) is 3. The molecule has 0 aliphatic carbocycles. The number of rotatable bonds is 5. The maximum Gasteiger partial charge on any atom is 0.192 e. The molecule has 5 nitrogen and oxygen atoms in total. The van der Waals surface area contributed by atoms with Crippen molar-refractivity contribution < 1.29 is 4.74 Å². The minimum absolute atomic E-state index is 0. The molecule has 7 heteroatoms. The Morgan fingerprint density at radius 3 is 2.58 bits per heavy atom. The van der Waals surface area contributed by atoms with Crippen molar-refractivity contribution in [3.05, 3.63) is 23.8 Å². The molecule has 0 fully saturated rings. The lowest BCUT2D eigenvalue weighted by atomic mass is 10.2. The fourth-order valence-corrected chi connectivity index (χ4v) is 1.45. The van der Waals surface area contributed by atoms with E-state index >= 15 is 0 Å². The topological polar surface area (TPSA) is 83.2 Å². The Hall–Kier alpha value is -1.17. The average molecular weight is 309 g/mol. The van der Waals surface area contributed by atoms with Crippen LogP contribution < -0.4 is 21.1 Å². The van der Waals surface area contributed by atoms with E-state index in [0.717, 1.165) is 30.0 Å². The lowest BCUT2D eigenvalue weighted by molar-refractivity contribution is 0.410. The fraction of sp³-hybridized carbons (Fsp3) is 0.417. The SMILES string of the molecule is CCCNC(=N)Nc1ccc(OC)c(CN)c1.Cl.Cl. The number of guanidine groups is 1. The molecule has 0 aliphatic rings. The van der Waals surface area contributed by atoms with Gasteiger partial charge in [0.15, 0.2) is 5.96 Å². The van der Waals surface area contributed by atoms with Gasteiger partial charge in [-0.2, -0.15) is 0 Å². The van der Waals surface area contributed by atoms with Crippen molar-refractivity contribution in [3.8, 4) is 5.75 Å². The number of anilines is 1. The summed E-state index contributed by atoms with van der Waals surface area (Å²) in [7, 11) is 1.62. The van der Waals surface area contributed by atoms with Crippen LogP contribution in [0, 0.1) is 5.41 Å². The molecule has 0 saturated carbocycles. The molecule has 1 aromatic rings. The molecule has 0 bridgehead atoms. The van der Waals surface area contributed by atoms with Gasteiger partial charge < -0.3 is 21.1 Å². The van der Waals surface area contributed by atoms with Gasteiger partial charge in [0, 0.05) is 24.3 Å². The van der Waals surface area contributed by atoms with Crippen LogP contribution in [-0.2, 0) is 6.54 Å². The van der Waals surface area contributed by atoms with Crippen LogP contribution in [-0.4, -0.2) is 19.6 Å². The molecule has 0 aromatic heterocycles. The first kappa shape index (κ1) is 20.2. The maximum absolute atomic E-state index is 7.67. The normalized spacial score (nSPS) is 8.79. The van der Waals surface area contributed by atoms with E-state index in [0.29, 0.717) is 12.5 Å². The number of methoxy groups -OCH3 is 1. The standard InChI is InChI=1S/C12H20N4O.2ClH/c1-3-6-15-12(14)16-10-4-5-11(17-2)9(7-10)8-13;;/h4-5,7H,3,6,8,13H2,1-2H3,(H3,14,15,16);2*1H. The van der Waals surface area contributed by atoms with Gasteiger partial charge in [0.05, 0.1) is 7.11 Å². The molecule has 5 N–H and O–H groups in total. The van der Waals surface area contributed by atoms with Gasteiger partial charge in [-0.25, -0.2) is 0 Å². The zero-order valence-corrected chi connectivity index (χ0v) is 12.8. The summed E-state index contributed by atoms with van der Waals surface area (Å²) in [6.07, 6.45) is 0.987. The highest BCUT2D eigenvalue weighted by Crippen LogP contribution is 2.21. The predicted octanol–water partition coefficient (Wildman–Crippen LogP) is 2.34. The number of nitrogens with two attached hydrogens (primary N) is 1. The number of ether oxygens (including phenoxy) is 1. The van der Waals surface area contributed by atoms with Crippen molar-refractivity contribution in [2.24, 2.45) is 5.73 Å². The molecule has 0 radical (unpaired) electrons. The molecule has 0 spiro atoms. The van der Waals surface area contributed by atoms with Crippen LogP contribution in [0.3, 0.4) is 0 Å². The van der Waals surface area contributed by atoms with Crippen molar-refractivity contribution in [2.45, 2.75) is 19.9 Å². The van der Waals surface area contributed by atoms with Crippen LogP contribution in [0.15, 0.2) is 18.2 Å². The van der Waals surface area contributed by atoms with E-state index in [1.807, 2.05) is 18.2 Å². The van der Waals surface area contributed by atoms with E-state index in [2.05, 4.69) is 17.6 Å². The van der Waals surface area contributed by atoms with E-state index in [1.54, 1.807) is 7.11 Å². The molecule has 0 heterocycles. The van der Waals surface area contributed by atoms with Crippen molar-refractivity contribution in [1.82, 2.24) is 5.32 Å². The van der Waals surface area contributed by atoms with Gasteiger partial charge in [0.25, 0.3) is 0 Å². The summed E-state index contributed by atoms with van der Waals surface area (Å²) >= 11 is 0. The summed E-state index contributed by atoms with van der Waals surface area (Å²) in [4.78, 5) is 0. The first-order valence-electron chi connectivity index (χ1n) is 5.67. The lowest BCUT2D eigenvalue weighted by Gasteiger charge is -2.12. The highest BCUT2D eigenvalue weighted by atomic mass is 35.5. The highest BCUT2D eigenvalue weighted by Gasteiger charge is 2.03. The van der Waals surface area contributed by atoms with Gasteiger partial charge in [-0.1, -0.05) is 6.92 Å². The zero-order chi connectivity index (χ0) is 12.7. The van der Waals surface area contributed by atoms with Gasteiger partial charge in [-0.3, -0.25) is 5.41 Å². The third-order valence-corrected chi connectivity index (χ3v) is 2.32. The molecule has 19 heavy (non-hydrogen) atoms. The number of nitrogens with one attached hydrogen (secondary N) is 3.